The molecule has 0 atom stereocenters. The molecule has 0 amide bonds. The van der Waals surface area contributed by atoms with Crippen LogP contribution in [-0.4, -0.2) is 20.7 Å². The molecule has 1 rings (SSSR count). The normalized spacial score (nSPS) is 12.1. The zero-order chi connectivity index (χ0) is 12.9. The molecule has 5 heteroatoms. The topological polar surface area (TPSA) is 21.3 Å². The number of methoxy groups -OCH3 is 1. The summed E-state index contributed by atoms with van der Waals surface area (Å²) in [5.41, 5.74) is -0.264. The van der Waals surface area contributed by atoms with Gasteiger partial charge in [-0.05, 0) is 24.7 Å². The van der Waals surface area contributed by atoms with Gasteiger partial charge in [-0.2, -0.15) is 13.2 Å². The zero-order valence-electron chi connectivity index (χ0n) is 9.64. The van der Waals surface area contributed by atoms with Gasteiger partial charge in [-0.25, -0.2) is 0 Å². The molecule has 0 unspecified atom stereocenters. The summed E-state index contributed by atoms with van der Waals surface area (Å²) in [4.78, 5) is 0. The van der Waals surface area contributed by atoms with Crippen molar-refractivity contribution in [2.45, 2.75) is 6.18 Å². The molecule has 0 aromatic heterocycles. The molecular formula is C12H14F3NO. The molecule has 94 valence electrons. The van der Waals surface area contributed by atoms with Gasteiger partial charge >= 0.3 is 6.18 Å². The van der Waals surface area contributed by atoms with Crippen LogP contribution >= 0.6 is 0 Å². The Morgan fingerprint density at radius 3 is 2.59 bits per heavy atom. The maximum Gasteiger partial charge on any atom is 0.419 e. The number of rotatable bonds is 4. The van der Waals surface area contributed by atoms with Gasteiger partial charge in [0.05, 0.1) is 12.7 Å². The fourth-order valence-corrected chi connectivity index (χ4v) is 1.36. The van der Waals surface area contributed by atoms with Crippen molar-refractivity contribution in [1.82, 2.24) is 5.32 Å². The lowest BCUT2D eigenvalue weighted by molar-refractivity contribution is -0.138. The third-order valence-corrected chi connectivity index (χ3v) is 2.16. The van der Waals surface area contributed by atoms with Gasteiger partial charge in [0.2, 0.25) is 0 Å². The van der Waals surface area contributed by atoms with Crippen LogP contribution in [0.3, 0.4) is 0 Å². The molecule has 1 N–H and O–H groups in total. The highest BCUT2D eigenvalue weighted by molar-refractivity contribution is 5.54. The van der Waals surface area contributed by atoms with Crippen molar-refractivity contribution < 1.29 is 17.9 Å². The lowest BCUT2D eigenvalue weighted by Gasteiger charge is -2.12. The summed E-state index contributed by atoms with van der Waals surface area (Å²) in [7, 11) is 2.99. The second kappa shape index (κ2) is 5.72. The van der Waals surface area contributed by atoms with Crippen LogP contribution in [0.2, 0.25) is 0 Å². The molecule has 0 saturated carbocycles. The number of hydrogen-bond acceptors (Lipinski definition) is 2. The Morgan fingerprint density at radius 1 is 1.35 bits per heavy atom. The molecule has 0 bridgehead atoms. The first kappa shape index (κ1) is 13.6. The quantitative estimate of drug-likeness (QED) is 0.880. The fraction of sp³-hybridized carbons (Fsp3) is 0.333. The van der Waals surface area contributed by atoms with E-state index in [1.807, 2.05) is 0 Å². The maximum atomic E-state index is 12.7. The Hall–Kier alpha value is -1.49. The summed E-state index contributed by atoms with van der Waals surface area (Å²) in [6.07, 6.45) is -1.02. The Labute approximate surface area is 98.1 Å². The number of halogens is 3. The standard InChI is InChI=1S/C12H14F3NO/c1-16-7-3-4-9-5-6-11(17-2)10(8-9)12(13,14)15/h3-6,8,16H,7H2,1-2H3. The molecular weight excluding hydrogens is 231 g/mol. The molecule has 0 fully saturated rings. The van der Waals surface area contributed by atoms with Crippen LogP contribution in [0.15, 0.2) is 24.3 Å². The fourth-order valence-electron chi connectivity index (χ4n) is 1.36. The second-order valence-electron chi connectivity index (χ2n) is 3.42. The van der Waals surface area contributed by atoms with E-state index in [9.17, 15) is 13.2 Å². The van der Waals surface area contributed by atoms with Gasteiger partial charge in [0, 0.05) is 6.54 Å². The maximum absolute atomic E-state index is 12.7. The van der Waals surface area contributed by atoms with E-state index in [2.05, 4.69) is 5.32 Å². The molecule has 0 aliphatic rings. The number of likely N-dealkylation sites (N-methyl/N-ethyl adjacent to an activating group) is 1. The summed E-state index contributed by atoms with van der Waals surface area (Å²) >= 11 is 0. The van der Waals surface area contributed by atoms with Crippen LogP contribution in [0, 0.1) is 0 Å². The van der Waals surface area contributed by atoms with E-state index in [0.29, 0.717) is 12.1 Å². The van der Waals surface area contributed by atoms with Gasteiger partial charge in [0.1, 0.15) is 5.75 Å². The molecule has 0 aliphatic carbocycles. The number of ether oxygens (including phenoxy) is 1. The minimum Gasteiger partial charge on any atom is -0.496 e. The largest absolute Gasteiger partial charge is 0.496 e. The monoisotopic (exact) mass is 245 g/mol. The van der Waals surface area contributed by atoms with Gasteiger partial charge in [0.15, 0.2) is 0 Å². The minimum absolute atomic E-state index is 0.164. The summed E-state index contributed by atoms with van der Waals surface area (Å²) in [5, 5.41) is 2.87. The van der Waals surface area contributed by atoms with E-state index in [-0.39, 0.29) is 5.75 Å². The van der Waals surface area contributed by atoms with Crippen LogP contribution in [-0.2, 0) is 6.18 Å². The van der Waals surface area contributed by atoms with E-state index in [1.165, 1.54) is 13.2 Å². The van der Waals surface area contributed by atoms with Crippen LogP contribution < -0.4 is 10.1 Å². The van der Waals surface area contributed by atoms with E-state index >= 15 is 0 Å². The van der Waals surface area contributed by atoms with Crippen molar-refractivity contribution in [3.05, 3.63) is 35.4 Å². The van der Waals surface area contributed by atoms with Crippen LogP contribution in [0.1, 0.15) is 11.1 Å². The molecule has 1 aromatic rings. The van der Waals surface area contributed by atoms with Gasteiger partial charge in [-0.15, -0.1) is 0 Å². The average molecular weight is 245 g/mol. The lowest BCUT2D eigenvalue weighted by Crippen LogP contribution is -2.07. The molecule has 0 saturated heterocycles. The van der Waals surface area contributed by atoms with Gasteiger partial charge in [-0.3, -0.25) is 0 Å². The molecule has 2 nitrogen and oxygen atoms in total. The lowest BCUT2D eigenvalue weighted by atomic mass is 10.1. The second-order valence-corrected chi connectivity index (χ2v) is 3.42. The summed E-state index contributed by atoms with van der Waals surface area (Å²) in [5.74, 6) is -0.164. The number of benzene rings is 1. The third-order valence-electron chi connectivity index (χ3n) is 2.16. The van der Waals surface area contributed by atoms with Crippen molar-refractivity contribution in [3.8, 4) is 5.75 Å². The SMILES string of the molecule is CNCC=Cc1ccc(OC)c(C(F)(F)F)c1. The Kier molecular flexibility index (Phi) is 4.57. The van der Waals surface area contributed by atoms with E-state index in [0.717, 1.165) is 6.07 Å². The summed E-state index contributed by atoms with van der Waals surface area (Å²) < 4.78 is 42.8. The van der Waals surface area contributed by atoms with Crippen molar-refractivity contribution >= 4 is 6.08 Å². The summed E-state index contributed by atoms with van der Waals surface area (Å²) in [6.45, 7) is 0.605. The molecule has 17 heavy (non-hydrogen) atoms. The highest BCUT2D eigenvalue weighted by Crippen LogP contribution is 2.36. The van der Waals surface area contributed by atoms with Crippen molar-refractivity contribution in [3.63, 3.8) is 0 Å². The Balaban J connectivity index is 3.05. The molecule has 0 heterocycles. The molecule has 0 aliphatic heterocycles. The highest BCUT2D eigenvalue weighted by Gasteiger charge is 2.34. The predicted octanol–water partition coefficient (Wildman–Crippen LogP) is 2.95. The van der Waals surface area contributed by atoms with Crippen molar-refractivity contribution in [2.24, 2.45) is 0 Å². The van der Waals surface area contributed by atoms with Gasteiger partial charge in [0.25, 0.3) is 0 Å². The Morgan fingerprint density at radius 2 is 2.06 bits per heavy atom. The third kappa shape index (κ3) is 3.78. The first-order valence-corrected chi connectivity index (χ1v) is 5.05. The van der Waals surface area contributed by atoms with Crippen LogP contribution in [0.5, 0.6) is 5.75 Å². The first-order chi connectivity index (χ1) is 7.99. The van der Waals surface area contributed by atoms with E-state index in [1.54, 1.807) is 25.3 Å². The number of hydrogen-bond donors (Lipinski definition) is 1. The smallest absolute Gasteiger partial charge is 0.419 e. The van der Waals surface area contributed by atoms with Crippen LogP contribution in [0.4, 0.5) is 13.2 Å². The predicted molar refractivity (Wildman–Crippen MR) is 61.0 cm³/mol. The Bertz CT molecular complexity index is 399. The first-order valence-electron chi connectivity index (χ1n) is 5.05. The summed E-state index contributed by atoms with van der Waals surface area (Å²) in [6, 6.07) is 3.98. The highest BCUT2D eigenvalue weighted by atomic mass is 19.4. The average Bonchev–Trinajstić information content (AvgIpc) is 2.28. The molecule has 1 aromatic carbocycles. The number of alkyl halides is 3. The van der Waals surface area contributed by atoms with Crippen LogP contribution in [0.25, 0.3) is 6.08 Å². The van der Waals surface area contributed by atoms with Crippen molar-refractivity contribution in [1.29, 1.82) is 0 Å². The van der Waals surface area contributed by atoms with Gasteiger partial charge in [-0.1, -0.05) is 18.2 Å². The van der Waals surface area contributed by atoms with E-state index in [4.69, 9.17) is 4.74 Å². The molecule has 0 spiro atoms. The minimum atomic E-state index is -4.40. The zero-order valence-corrected chi connectivity index (χ0v) is 9.64. The van der Waals surface area contributed by atoms with Crippen molar-refractivity contribution in [2.75, 3.05) is 20.7 Å². The van der Waals surface area contributed by atoms with Gasteiger partial charge < -0.3 is 10.1 Å². The number of nitrogens with one attached hydrogen (secondary N) is 1. The van der Waals surface area contributed by atoms with E-state index < -0.39 is 11.7 Å². The molecule has 0 radical (unpaired) electrons.